The highest BCUT2D eigenvalue weighted by molar-refractivity contribution is 6.26. The van der Waals surface area contributed by atoms with E-state index >= 15 is 0 Å². The molecule has 0 aromatic heterocycles. The lowest BCUT2D eigenvalue weighted by molar-refractivity contribution is -0.121. The number of aryl methyl sites for hydroxylation is 3. The second kappa shape index (κ2) is 6.05. The molecule has 1 saturated heterocycles. The molecule has 0 radical (unpaired) electrons. The molecule has 2 amide bonds. The van der Waals surface area contributed by atoms with E-state index in [1.165, 1.54) is 4.90 Å². The van der Waals surface area contributed by atoms with Crippen LogP contribution in [-0.2, 0) is 16.0 Å². The largest absolute Gasteiger partial charge is 0.271 e. The topological polar surface area (TPSA) is 65.3 Å². The first-order valence-electron chi connectivity index (χ1n) is 8.75. The number of imide groups is 1. The van der Waals surface area contributed by atoms with Crippen LogP contribution in [-0.4, -0.2) is 23.9 Å². The quantitative estimate of drug-likeness (QED) is 0.799. The minimum atomic E-state index is -0.784. The number of benzene rings is 2. The van der Waals surface area contributed by atoms with Crippen LogP contribution in [0.1, 0.15) is 23.6 Å². The molecule has 6 heteroatoms. The van der Waals surface area contributed by atoms with Crippen molar-refractivity contribution in [2.45, 2.75) is 39.3 Å². The number of fused-ring (bicyclic) bond motifs is 1. The van der Waals surface area contributed by atoms with Crippen LogP contribution >= 0.6 is 0 Å². The normalized spacial score (nSPS) is 21.7. The second-order valence-electron chi connectivity index (χ2n) is 6.76. The van der Waals surface area contributed by atoms with Crippen molar-refractivity contribution < 1.29 is 9.59 Å². The van der Waals surface area contributed by atoms with E-state index in [0.29, 0.717) is 5.69 Å². The van der Waals surface area contributed by atoms with Crippen LogP contribution in [0, 0.1) is 13.8 Å². The number of amides is 2. The summed E-state index contributed by atoms with van der Waals surface area (Å²) in [7, 11) is 0. The molecule has 0 spiro atoms. The summed E-state index contributed by atoms with van der Waals surface area (Å²) in [4.78, 5) is 27.1. The summed E-state index contributed by atoms with van der Waals surface area (Å²) in [5.41, 5.74) is 4.60. The van der Waals surface area contributed by atoms with Gasteiger partial charge in [-0.2, -0.15) is 5.11 Å². The summed E-state index contributed by atoms with van der Waals surface area (Å²) in [6, 6.07) is 12.0. The standard InChI is InChI=1S/C20H20N4O2/c1-4-14-7-9-15(10-8-14)23-19(25)17-18(20(23)26)24(22-21-17)16-11-12(2)5-6-13(16)3/h5-11,17-18H,4H2,1-3H3/t17-,18+/m0/s1. The van der Waals surface area contributed by atoms with Gasteiger partial charge >= 0.3 is 0 Å². The number of hydrogen-bond acceptors (Lipinski definition) is 5. The molecule has 2 aliphatic rings. The van der Waals surface area contributed by atoms with Crippen molar-refractivity contribution >= 4 is 23.2 Å². The van der Waals surface area contributed by atoms with E-state index in [2.05, 4.69) is 17.3 Å². The third kappa shape index (κ3) is 2.41. The van der Waals surface area contributed by atoms with Crippen molar-refractivity contribution in [2.75, 3.05) is 9.91 Å². The number of anilines is 2. The van der Waals surface area contributed by atoms with Crippen LogP contribution in [0.3, 0.4) is 0 Å². The predicted molar refractivity (Wildman–Crippen MR) is 99.1 cm³/mol. The summed E-state index contributed by atoms with van der Waals surface area (Å²) >= 11 is 0. The number of carbonyl (C=O) groups excluding carboxylic acids is 2. The summed E-state index contributed by atoms with van der Waals surface area (Å²) < 4.78 is 0. The van der Waals surface area contributed by atoms with E-state index in [-0.39, 0.29) is 11.8 Å². The van der Waals surface area contributed by atoms with Gasteiger partial charge in [0.25, 0.3) is 11.8 Å². The Morgan fingerprint density at radius 1 is 1.00 bits per heavy atom. The fraction of sp³-hybridized carbons (Fsp3) is 0.300. The van der Waals surface area contributed by atoms with Gasteiger partial charge in [0.05, 0.1) is 11.4 Å². The first-order chi connectivity index (χ1) is 12.5. The molecule has 0 N–H and O–H groups in total. The fourth-order valence-corrected chi connectivity index (χ4v) is 3.46. The maximum atomic E-state index is 13.1. The molecule has 0 saturated carbocycles. The SMILES string of the molecule is CCc1ccc(N2C(=O)[C@H]3N=NN(c4cc(C)ccc4C)[C@H]3C2=O)cc1. The second-order valence-corrected chi connectivity index (χ2v) is 6.76. The van der Waals surface area contributed by atoms with Gasteiger partial charge in [-0.3, -0.25) is 9.59 Å². The summed E-state index contributed by atoms with van der Waals surface area (Å²) in [6.07, 6.45) is 0.905. The number of hydrogen-bond donors (Lipinski definition) is 0. The van der Waals surface area contributed by atoms with Crippen LogP contribution in [0.5, 0.6) is 0 Å². The van der Waals surface area contributed by atoms with E-state index in [9.17, 15) is 9.59 Å². The van der Waals surface area contributed by atoms with Gasteiger partial charge in [-0.25, -0.2) is 9.91 Å². The van der Waals surface area contributed by atoms with Crippen LogP contribution < -0.4 is 9.91 Å². The summed E-state index contributed by atoms with van der Waals surface area (Å²) in [5.74, 6) is -0.601. The van der Waals surface area contributed by atoms with Crippen molar-refractivity contribution in [3.05, 3.63) is 59.2 Å². The van der Waals surface area contributed by atoms with Gasteiger partial charge in [-0.15, -0.1) is 0 Å². The molecule has 2 heterocycles. The van der Waals surface area contributed by atoms with Gasteiger partial charge in [0.1, 0.15) is 0 Å². The summed E-state index contributed by atoms with van der Waals surface area (Å²) in [5, 5.41) is 9.84. The van der Waals surface area contributed by atoms with E-state index in [0.717, 1.165) is 28.8 Å². The van der Waals surface area contributed by atoms with Crippen LogP contribution in [0.4, 0.5) is 11.4 Å². The highest BCUT2D eigenvalue weighted by Gasteiger charge is 2.55. The molecular weight excluding hydrogens is 328 g/mol. The van der Waals surface area contributed by atoms with Gasteiger partial charge < -0.3 is 0 Å². The van der Waals surface area contributed by atoms with Gasteiger partial charge in [-0.05, 0) is 55.2 Å². The zero-order valence-corrected chi connectivity index (χ0v) is 15.0. The number of rotatable bonds is 3. The maximum absolute atomic E-state index is 13.1. The Kier molecular flexibility index (Phi) is 3.83. The molecule has 2 aromatic carbocycles. The molecule has 0 unspecified atom stereocenters. The molecule has 4 rings (SSSR count). The molecule has 132 valence electrons. The molecule has 1 fully saturated rings. The first-order valence-corrected chi connectivity index (χ1v) is 8.75. The van der Waals surface area contributed by atoms with Gasteiger partial charge in [0.15, 0.2) is 12.1 Å². The smallest absolute Gasteiger partial charge is 0.263 e. The minimum absolute atomic E-state index is 0.282. The average Bonchev–Trinajstić information content (AvgIpc) is 3.18. The van der Waals surface area contributed by atoms with Crippen molar-refractivity contribution in [1.82, 2.24) is 0 Å². The Labute approximate surface area is 152 Å². The van der Waals surface area contributed by atoms with Gasteiger partial charge in [0.2, 0.25) is 0 Å². The van der Waals surface area contributed by atoms with Crippen LogP contribution in [0.25, 0.3) is 0 Å². The molecule has 2 aliphatic heterocycles. The Morgan fingerprint density at radius 3 is 2.42 bits per heavy atom. The minimum Gasteiger partial charge on any atom is -0.271 e. The third-order valence-corrected chi connectivity index (χ3v) is 5.00. The van der Waals surface area contributed by atoms with Crippen LogP contribution in [0.2, 0.25) is 0 Å². The lowest BCUT2D eigenvalue weighted by Crippen LogP contribution is -2.40. The van der Waals surface area contributed by atoms with Gasteiger partial charge in [-0.1, -0.05) is 36.4 Å². The number of carbonyl (C=O) groups is 2. The molecular formula is C20H20N4O2. The Morgan fingerprint density at radius 2 is 1.73 bits per heavy atom. The molecule has 0 bridgehead atoms. The van der Waals surface area contributed by atoms with Crippen molar-refractivity contribution in [3.63, 3.8) is 0 Å². The fourth-order valence-electron chi connectivity index (χ4n) is 3.46. The molecule has 26 heavy (non-hydrogen) atoms. The molecule has 2 aromatic rings. The van der Waals surface area contributed by atoms with Crippen molar-refractivity contribution in [3.8, 4) is 0 Å². The average molecular weight is 348 g/mol. The highest BCUT2D eigenvalue weighted by Crippen LogP contribution is 2.36. The monoisotopic (exact) mass is 348 g/mol. The molecule has 2 atom stereocenters. The lowest BCUT2D eigenvalue weighted by Gasteiger charge is -2.22. The van der Waals surface area contributed by atoms with Gasteiger partial charge in [0, 0.05) is 0 Å². The zero-order chi connectivity index (χ0) is 18.4. The predicted octanol–water partition coefficient (Wildman–Crippen LogP) is 3.36. The van der Waals surface area contributed by atoms with Crippen LogP contribution in [0.15, 0.2) is 52.8 Å². The lowest BCUT2D eigenvalue weighted by atomic mass is 10.1. The van der Waals surface area contributed by atoms with Crippen molar-refractivity contribution in [2.24, 2.45) is 10.3 Å². The maximum Gasteiger partial charge on any atom is 0.263 e. The zero-order valence-electron chi connectivity index (χ0n) is 15.0. The Bertz CT molecular complexity index is 920. The molecule has 6 nitrogen and oxygen atoms in total. The Balaban J connectivity index is 1.70. The van der Waals surface area contributed by atoms with E-state index in [1.807, 2.05) is 56.3 Å². The summed E-state index contributed by atoms with van der Waals surface area (Å²) in [6.45, 7) is 6.00. The van der Waals surface area contributed by atoms with Crippen molar-refractivity contribution in [1.29, 1.82) is 0 Å². The van der Waals surface area contributed by atoms with E-state index in [1.54, 1.807) is 5.01 Å². The van der Waals surface area contributed by atoms with E-state index in [4.69, 9.17) is 0 Å². The third-order valence-electron chi connectivity index (χ3n) is 5.00. The Hall–Kier alpha value is -3.02. The highest BCUT2D eigenvalue weighted by atomic mass is 16.2. The molecule has 0 aliphatic carbocycles. The first kappa shape index (κ1) is 16.4. The van der Waals surface area contributed by atoms with E-state index < -0.39 is 12.1 Å². The number of nitrogens with zero attached hydrogens (tertiary/aromatic N) is 4.